The SMILES string of the molecule is OCCCNc1nc(O)c(/C=C2/C=Nc3ccccc32)s1. The number of aromatic nitrogens is 1. The molecule has 0 bridgehead atoms. The molecule has 108 valence electrons. The Bertz CT molecular complexity index is 707. The van der Waals surface area contributed by atoms with Crippen LogP contribution in [-0.4, -0.2) is 34.6 Å². The maximum atomic E-state index is 9.92. The summed E-state index contributed by atoms with van der Waals surface area (Å²) in [5, 5.41) is 22.4. The molecule has 3 N–H and O–H groups in total. The van der Waals surface area contributed by atoms with Crippen molar-refractivity contribution in [2.75, 3.05) is 18.5 Å². The lowest BCUT2D eigenvalue weighted by atomic mass is 10.1. The lowest BCUT2D eigenvalue weighted by Crippen LogP contribution is -2.02. The molecule has 0 saturated carbocycles. The molecule has 3 rings (SSSR count). The van der Waals surface area contributed by atoms with Gasteiger partial charge >= 0.3 is 0 Å². The lowest BCUT2D eigenvalue weighted by molar-refractivity contribution is 0.292. The average molecular weight is 301 g/mol. The van der Waals surface area contributed by atoms with E-state index in [9.17, 15) is 5.11 Å². The summed E-state index contributed by atoms with van der Waals surface area (Å²) in [5.41, 5.74) is 2.96. The number of hydrogen-bond acceptors (Lipinski definition) is 6. The highest BCUT2D eigenvalue weighted by atomic mass is 32.1. The summed E-state index contributed by atoms with van der Waals surface area (Å²) in [6, 6.07) is 7.88. The fourth-order valence-corrected chi connectivity index (χ4v) is 2.90. The number of anilines is 1. The zero-order valence-corrected chi connectivity index (χ0v) is 12.1. The van der Waals surface area contributed by atoms with Crippen molar-refractivity contribution in [3.63, 3.8) is 0 Å². The van der Waals surface area contributed by atoms with Crippen molar-refractivity contribution in [1.82, 2.24) is 4.98 Å². The predicted molar refractivity (Wildman–Crippen MR) is 86.4 cm³/mol. The molecule has 0 spiro atoms. The Morgan fingerprint density at radius 3 is 3.00 bits per heavy atom. The second-order valence-corrected chi connectivity index (χ2v) is 5.62. The molecule has 1 aliphatic rings. The molecule has 0 fully saturated rings. The number of hydrogen-bond donors (Lipinski definition) is 3. The van der Waals surface area contributed by atoms with Gasteiger partial charge in [-0.15, -0.1) is 0 Å². The van der Waals surface area contributed by atoms with E-state index in [0.717, 1.165) is 16.8 Å². The molecule has 0 radical (unpaired) electrons. The number of benzene rings is 1. The van der Waals surface area contributed by atoms with Gasteiger partial charge in [-0.25, -0.2) is 0 Å². The lowest BCUT2D eigenvalue weighted by Gasteiger charge is -1.98. The average Bonchev–Trinajstić information content (AvgIpc) is 3.05. The number of aromatic hydroxyl groups is 1. The summed E-state index contributed by atoms with van der Waals surface area (Å²) in [4.78, 5) is 9.11. The Morgan fingerprint density at radius 1 is 1.29 bits per heavy atom. The molecule has 0 amide bonds. The van der Waals surface area contributed by atoms with Crippen molar-refractivity contribution < 1.29 is 10.2 Å². The largest absolute Gasteiger partial charge is 0.492 e. The van der Waals surface area contributed by atoms with Crippen LogP contribution in [0.25, 0.3) is 11.6 Å². The van der Waals surface area contributed by atoms with Crippen molar-refractivity contribution in [2.24, 2.45) is 4.99 Å². The number of allylic oxidation sites excluding steroid dienone is 1. The predicted octanol–water partition coefficient (Wildman–Crippen LogP) is 2.90. The van der Waals surface area contributed by atoms with Gasteiger partial charge in [0.2, 0.25) is 5.88 Å². The first-order valence-corrected chi connectivity index (χ1v) is 7.49. The smallest absolute Gasteiger partial charge is 0.231 e. The molecule has 1 aliphatic heterocycles. The van der Waals surface area contributed by atoms with E-state index in [1.54, 1.807) is 6.21 Å². The molecule has 1 aromatic heterocycles. The second kappa shape index (κ2) is 6.07. The highest BCUT2D eigenvalue weighted by Gasteiger charge is 2.14. The van der Waals surface area contributed by atoms with E-state index in [4.69, 9.17) is 5.11 Å². The Morgan fingerprint density at radius 2 is 2.14 bits per heavy atom. The summed E-state index contributed by atoms with van der Waals surface area (Å²) >= 11 is 1.38. The minimum absolute atomic E-state index is 0.0109. The monoisotopic (exact) mass is 301 g/mol. The van der Waals surface area contributed by atoms with Crippen LogP contribution in [0.3, 0.4) is 0 Å². The Kier molecular flexibility index (Phi) is 3.98. The fourth-order valence-electron chi connectivity index (χ4n) is 2.06. The molecular weight excluding hydrogens is 286 g/mol. The van der Waals surface area contributed by atoms with E-state index < -0.39 is 0 Å². The van der Waals surface area contributed by atoms with Crippen molar-refractivity contribution in [1.29, 1.82) is 0 Å². The van der Waals surface area contributed by atoms with Crippen molar-refractivity contribution in [2.45, 2.75) is 6.42 Å². The Balaban J connectivity index is 1.82. The minimum atomic E-state index is 0.0109. The minimum Gasteiger partial charge on any atom is -0.492 e. The van der Waals surface area contributed by atoms with Crippen molar-refractivity contribution >= 4 is 40.0 Å². The van der Waals surface area contributed by atoms with E-state index in [-0.39, 0.29) is 12.5 Å². The summed E-state index contributed by atoms with van der Waals surface area (Å²) < 4.78 is 0. The van der Waals surface area contributed by atoms with Gasteiger partial charge in [-0.1, -0.05) is 29.5 Å². The maximum absolute atomic E-state index is 9.92. The van der Waals surface area contributed by atoms with Crippen LogP contribution in [0, 0.1) is 0 Å². The summed E-state index contributed by atoms with van der Waals surface area (Å²) in [7, 11) is 0. The molecule has 1 aromatic carbocycles. The van der Waals surface area contributed by atoms with Gasteiger partial charge in [-0.05, 0) is 18.6 Å². The van der Waals surface area contributed by atoms with Crippen molar-refractivity contribution in [3.8, 4) is 5.88 Å². The molecule has 6 heteroatoms. The number of fused-ring (bicyclic) bond motifs is 1. The number of nitrogens with zero attached hydrogens (tertiary/aromatic N) is 2. The first kappa shape index (κ1) is 13.8. The van der Waals surface area contributed by atoms with Crippen LogP contribution < -0.4 is 5.32 Å². The van der Waals surface area contributed by atoms with E-state index in [2.05, 4.69) is 15.3 Å². The number of rotatable bonds is 5. The summed E-state index contributed by atoms with van der Waals surface area (Å²) in [5.74, 6) is 0.0109. The highest BCUT2D eigenvalue weighted by molar-refractivity contribution is 7.16. The molecule has 2 aromatic rings. The second-order valence-electron chi connectivity index (χ2n) is 4.59. The third-order valence-electron chi connectivity index (χ3n) is 3.09. The first-order chi connectivity index (χ1) is 10.3. The number of nitrogens with one attached hydrogen (secondary N) is 1. The highest BCUT2D eigenvalue weighted by Crippen LogP contribution is 2.36. The molecule has 21 heavy (non-hydrogen) atoms. The molecule has 0 aliphatic carbocycles. The molecule has 0 saturated heterocycles. The zero-order valence-electron chi connectivity index (χ0n) is 11.3. The molecule has 0 unspecified atom stereocenters. The van der Waals surface area contributed by atoms with Gasteiger partial charge in [0.05, 0.1) is 10.6 Å². The van der Waals surface area contributed by atoms with Gasteiger partial charge in [-0.3, -0.25) is 4.99 Å². The van der Waals surface area contributed by atoms with Gasteiger partial charge in [0.1, 0.15) is 0 Å². The van der Waals surface area contributed by atoms with Crippen LogP contribution in [0.15, 0.2) is 29.3 Å². The van der Waals surface area contributed by atoms with E-state index in [0.29, 0.717) is 23.0 Å². The molecule has 2 heterocycles. The number of thiazole rings is 1. The topological polar surface area (TPSA) is 77.7 Å². The van der Waals surface area contributed by atoms with Crippen LogP contribution >= 0.6 is 11.3 Å². The standard InChI is InChI=1S/C15H15N3O2S/c19-7-3-6-16-15-18-14(20)13(21-15)8-10-9-17-12-5-2-1-4-11(10)12/h1-2,4-5,8-9,19-20H,3,6-7H2,(H,16,18)/b10-8-. The van der Waals surface area contributed by atoms with Crippen LogP contribution in [0.2, 0.25) is 0 Å². The van der Waals surface area contributed by atoms with E-state index in [1.165, 1.54) is 11.3 Å². The number of aliphatic hydroxyl groups excluding tert-OH is 1. The Labute approximate surface area is 126 Å². The van der Waals surface area contributed by atoms with Crippen LogP contribution in [0.4, 0.5) is 10.8 Å². The van der Waals surface area contributed by atoms with Crippen LogP contribution in [-0.2, 0) is 0 Å². The zero-order chi connectivity index (χ0) is 14.7. The van der Waals surface area contributed by atoms with Crippen LogP contribution in [0.1, 0.15) is 16.9 Å². The number of para-hydroxylation sites is 1. The van der Waals surface area contributed by atoms with Gasteiger partial charge in [0.25, 0.3) is 0 Å². The first-order valence-electron chi connectivity index (χ1n) is 6.67. The van der Waals surface area contributed by atoms with Gasteiger partial charge in [0, 0.05) is 30.5 Å². The van der Waals surface area contributed by atoms with Gasteiger partial charge in [0.15, 0.2) is 5.13 Å². The van der Waals surface area contributed by atoms with Gasteiger partial charge < -0.3 is 15.5 Å². The third-order valence-corrected chi connectivity index (χ3v) is 4.04. The van der Waals surface area contributed by atoms with Crippen LogP contribution in [0.5, 0.6) is 5.88 Å². The molecule has 5 nitrogen and oxygen atoms in total. The number of aliphatic hydroxyl groups is 1. The van der Waals surface area contributed by atoms with Crippen molar-refractivity contribution in [3.05, 3.63) is 34.7 Å². The van der Waals surface area contributed by atoms with Gasteiger partial charge in [-0.2, -0.15) is 4.98 Å². The van der Waals surface area contributed by atoms with E-state index in [1.807, 2.05) is 30.3 Å². The molecule has 0 atom stereocenters. The number of aliphatic imine (C=N–C) groups is 1. The molecular formula is C15H15N3O2S. The fraction of sp³-hybridized carbons (Fsp3) is 0.200. The maximum Gasteiger partial charge on any atom is 0.231 e. The third kappa shape index (κ3) is 2.96. The summed E-state index contributed by atoms with van der Waals surface area (Å²) in [6.45, 7) is 0.762. The van der Waals surface area contributed by atoms with E-state index >= 15 is 0 Å². The Hall–Kier alpha value is -2.18. The normalized spacial score (nSPS) is 14.6. The summed E-state index contributed by atoms with van der Waals surface area (Å²) in [6.07, 6.45) is 4.33. The quantitative estimate of drug-likeness (QED) is 0.742.